The highest BCUT2D eigenvalue weighted by Crippen LogP contribution is 2.37. The van der Waals surface area contributed by atoms with Gasteiger partial charge < -0.3 is 4.90 Å². The van der Waals surface area contributed by atoms with Gasteiger partial charge in [0.2, 0.25) is 11.7 Å². The Balaban J connectivity index is 1.67. The first-order valence-corrected chi connectivity index (χ1v) is 11.5. The summed E-state index contributed by atoms with van der Waals surface area (Å²) < 4.78 is 3.43. The normalized spacial score (nSPS) is 14.8. The van der Waals surface area contributed by atoms with Crippen molar-refractivity contribution in [3.05, 3.63) is 83.2 Å². The van der Waals surface area contributed by atoms with Crippen LogP contribution in [0.4, 0.5) is 0 Å². The number of aromatic nitrogens is 4. The Morgan fingerprint density at radius 3 is 2.53 bits per heavy atom. The average Bonchev–Trinajstić information content (AvgIpc) is 3.51. The van der Waals surface area contributed by atoms with Crippen LogP contribution in [-0.4, -0.2) is 43.1 Å². The number of thioether (sulfide) groups is 1. The quantitative estimate of drug-likeness (QED) is 0.334. The van der Waals surface area contributed by atoms with Crippen LogP contribution >= 0.6 is 11.8 Å². The molecule has 0 bridgehead atoms. The summed E-state index contributed by atoms with van der Waals surface area (Å²) in [6.07, 6.45) is 3.73. The van der Waals surface area contributed by atoms with Gasteiger partial charge in [-0.1, -0.05) is 60.3 Å². The fourth-order valence-electron chi connectivity index (χ4n) is 4.20. The third-order valence-electron chi connectivity index (χ3n) is 5.76. The van der Waals surface area contributed by atoms with Gasteiger partial charge in [0, 0.05) is 19.6 Å². The van der Waals surface area contributed by atoms with Crippen LogP contribution in [-0.2, 0) is 11.3 Å². The van der Waals surface area contributed by atoms with E-state index in [1.807, 2.05) is 57.8 Å². The summed E-state index contributed by atoms with van der Waals surface area (Å²) in [6, 6.07) is 17.2. The van der Waals surface area contributed by atoms with Crippen molar-refractivity contribution < 1.29 is 4.79 Å². The highest BCUT2D eigenvalue weighted by atomic mass is 32.2. The van der Waals surface area contributed by atoms with Crippen LogP contribution in [0.5, 0.6) is 0 Å². The van der Waals surface area contributed by atoms with Gasteiger partial charge in [-0.15, -0.1) is 16.8 Å². The number of carbonyl (C=O) groups excluding carboxylic acids is 1. The molecule has 0 N–H and O–H groups in total. The third kappa shape index (κ3) is 3.50. The molecule has 1 saturated heterocycles. The van der Waals surface area contributed by atoms with Crippen molar-refractivity contribution in [1.82, 2.24) is 24.1 Å². The molecular formula is C24H23N5O2S. The fourth-order valence-corrected chi connectivity index (χ4v) is 5.33. The Hall–Kier alpha value is -3.39. The zero-order valence-electron chi connectivity index (χ0n) is 17.6. The Morgan fingerprint density at radius 1 is 1.06 bits per heavy atom. The van der Waals surface area contributed by atoms with Crippen molar-refractivity contribution in [3.63, 3.8) is 0 Å². The first-order chi connectivity index (χ1) is 15.7. The van der Waals surface area contributed by atoms with Crippen LogP contribution in [0.25, 0.3) is 16.7 Å². The van der Waals surface area contributed by atoms with Gasteiger partial charge in [0.1, 0.15) is 5.25 Å². The molecule has 1 fully saturated rings. The lowest BCUT2D eigenvalue weighted by molar-refractivity contribution is -0.129. The molecule has 162 valence electrons. The molecule has 8 heteroatoms. The van der Waals surface area contributed by atoms with Crippen molar-refractivity contribution in [2.75, 3.05) is 13.1 Å². The molecule has 32 heavy (non-hydrogen) atoms. The highest BCUT2D eigenvalue weighted by molar-refractivity contribution is 8.00. The fraction of sp³-hybridized carbons (Fsp3) is 0.250. The molecular weight excluding hydrogens is 422 g/mol. The van der Waals surface area contributed by atoms with Crippen molar-refractivity contribution in [3.8, 4) is 0 Å². The number of benzene rings is 2. The van der Waals surface area contributed by atoms with Gasteiger partial charge in [-0.05, 0) is 30.5 Å². The lowest BCUT2D eigenvalue weighted by Gasteiger charge is -2.22. The number of carbonyl (C=O) groups is 1. The molecule has 1 unspecified atom stereocenters. The molecule has 1 atom stereocenters. The first kappa shape index (κ1) is 20.5. The highest BCUT2D eigenvalue weighted by Gasteiger charge is 2.30. The molecule has 1 aliphatic heterocycles. The molecule has 0 saturated carbocycles. The minimum absolute atomic E-state index is 0.0826. The molecule has 2 aromatic carbocycles. The van der Waals surface area contributed by atoms with E-state index in [9.17, 15) is 9.59 Å². The molecule has 4 aromatic rings. The number of fused-ring (bicyclic) bond motifs is 3. The summed E-state index contributed by atoms with van der Waals surface area (Å²) in [6.45, 7) is 5.66. The molecule has 7 nitrogen and oxygen atoms in total. The van der Waals surface area contributed by atoms with E-state index in [-0.39, 0.29) is 11.5 Å². The number of nitrogens with zero attached hydrogens (tertiary/aromatic N) is 5. The summed E-state index contributed by atoms with van der Waals surface area (Å²) >= 11 is 1.38. The molecule has 0 radical (unpaired) electrons. The van der Waals surface area contributed by atoms with Gasteiger partial charge in [-0.25, -0.2) is 0 Å². The number of rotatable bonds is 6. The van der Waals surface area contributed by atoms with Gasteiger partial charge >= 0.3 is 0 Å². The van der Waals surface area contributed by atoms with Gasteiger partial charge in [0.15, 0.2) is 5.16 Å². The zero-order chi connectivity index (χ0) is 22.1. The van der Waals surface area contributed by atoms with E-state index in [1.54, 1.807) is 16.7 Å². The van der Waals surface area contributed by atoms with Crippen LogP contribution in [0.3, 0.4) is 0 Å². The minimum Gasteiger partial charge on any atom is -0.341 e. The smallest absolute Gasteiger partial charge is 0.263 e. The van der Waals surface area contributed by atoms with Crippen LogP contribution in [0.2, 0.25) is 0 Å². The molecule has 5 rings (SSSR count). The molecule has 1 aliphatic rings. The van der Waals surface area contributed by atoms with E-state index in [1.165, 1.54) is 11.8 Å². The monoisotopic (exact) mass is 445 g/mol. The average molecular weight is 446 g/mol. The van der Waals surface area contributed by atoms with E-state index in [4.69, 9.17) is 0 Å². The van der Waals surface area contributed by atoms with Gasteiger partial charge in [-0.3, -0.25) is 18.6 Å². The number of likely N-dealkylation sites (tertiary alicyclic amines) is 1. The largest absolute Gasteiger partial charge is 0.341 e. The predicted molar refractivity (Wildman–Crippen MR) is 126 cm³/mol. The van der Waals surface area contributed by atoms with Gasteiger partial charge in [0.25, 0.3) is 5.56 Å². The van der Waals surface area contributed by atoms with E-state index < -0.39 is 5.25 Å². The Labute approximate surface area is 189 Å². The van der Waals surface area contributed by atoms with E-state index in [2.05, 4.69) is 16.8 Å². The maximum Gasteiger partial charge on any atom is 0.263 e. The van der Waals surface area contributed by atoms with Crippen LogP contribution in [0, 0.1) is 0 Å². The summed E-state index contributed by atoms with van der Waals surface area (Å²) in [4.78, 5) is 28.4. The SMILES string of the molecule is C=CCn1c(=O)c2ccccc2n2c(SC(C(=O)N3CCCC3)c3ccccc3)nnc12. The number of amides is 1. The van der Waals surface area contributed by atoms with Crippen molar-refractivity contribution in [1.29, 1.82) is 0 Å². The van der Waals surface area contributed by atoms with Crippen molar-refractivity contribution >= 4 is 34.3 Å². The summed E-state index contributed by atoms with van der Waals surface area (Å²) in [5, 5.41) is 9.46. The van der Waals surface area contributed by atoms with E-state index >= 15 is 0 Å². The number of allylic oxidation sites excluding steroid dienone is 1. The summed E-state index contributed by atoms with van der Waals surface area (Å²) in [7, 11) is 0. The zero-order valence-corrected chi connectivity index (χ0v) is 18.4. The maximum absolute atomic E-state index is 13.5. The lowest BCUT2D eigenvalue weighted by Crippen LogP contribution is -2.31. The minimum atomic E-state index is -0.444. The predicted octanol–water partition coefficient (Wildman–Crippen LogP) is 3.69. The Morgan fingerprint density at radius 2 is 1.78 bits per heavy atom. The standard InChI is InChI=1S/C24H23N5O2S/c1-2-14-28-21(30)18-12-6-7-13-19(18)29-23(28)25-26-24(29)32-20(17-10-4-3-5-11-17)22(31)27-15-8-9-16-27/h2-7,10-13,20H,1,8-9,14-16H2. The Kier molecular flexibility index (Phi) is 5.53. The molecule has 0 aliphatic carbocycles. The van der Waals surface area contributed by atoms with E-state index in [0.717, 1.165) is 37.0 Å². The van der Waals surface area contributed by atoms with Crippen molar-refractivity contribution in [2.45, 2.75) is 29.8 Å². The van der Waals surface area contributed by atoms with Crippen LogP contribution in [0.1, 0.15) is 23.7 Å². The molecule has 3 heterocycles. The summed E-state index contributed by atoms with van der Waals surface area (Å²) in [5.41, 5.74) is 1.51. The van der Waals surface area contributed by atoms with Crippen LogP contribution in [0.15, 0.2) is 77.2 Å². The van der Waals surface area contributed by atoms with Gasteiger partial charge in [-0.2, -0.15) is 0 Å². The maximum atomic E-state index is 13.5. The van der Waals surface area contributed by atoms with Gasteiger partial charge in [0.05, 0.1) is 10.9 Å². The second-order valence-corrected chi connectivity index (χ2v) is 8.85. The molecule has 0 spiro atoms. The van der Waals surface area contributed by atoms with E-state index in [0.29, 0.717) is 22.9 Å². The van der Waals surface area contributed by atoms with Crippen LogP contribution < -0.4 is 5.56 Å². The number of hydrogen-bond acceptors (Lipinski definition) is 5. The lowest BCUT2D eigenvalue weighted by atomic mass is 10.1. The first-order valence-electron chi connectivity index (χ1n) is 10.7. The third-order valence-corrected chi connectivity index (χ3v) is 6.94. The topological polar surface area (TPSA) is 72.5 Å². The van der Waals surface area contributed by atoms with Crippen molar-refractivity contribution in [2.24, 2.45) is 0 Å². The summed E-state index contributed by atoms with van der Waals surface area (Å²) in [5.74, 6) is 0.524. The number of para-hydroxylation sites is 1. The second-order valence-electron chi connectivity index (χ2n) is 7.78. The Bertz CT molecular complexity index is 1360. The number of hydrogen-bond donors (Lipinski definition) is 0. The molecule has 2 aromatic heterocycles. The second kappa shape index (κ2) is 8.63. The molecule has 1 amide bonds.